The number of halogens is 15. The summed E-state index contributed by atoms with van der Waals surface area (Å²) in [4.78, 5) is 0. The smallest absolute Gasteiger partial charge is 0.377 e. The predicted octanol–water partition coefficient (Wildman–Crippen LogP) is 7.14. The Morgan fingerprint density at radius 1 is 0.594 bits per heavy atom. The third kappa shape index (κ3) is 4.09. The summed E-state index contributed by atoms with van der Waals surface area (Å²) >= 11 is 0. The summed E-state index contributed by atoms with van der Waals surface area (Å²) < 4.78 is 202. The first-order valence-corrected chi connectivity index (χ1v) is 7.94. The van der Waals surface area contributed by atoms with Crippen molar-refractivity contribution in [3.63, 3.8) is 0 Å². The van der Waals surface area contributed by atoms with Gasteiger partial charge in [0.2, 0.25) is 0 Å². The first kappa shape index (κ1) is 28.2. The highest BCUT2D eigenvalue weighted by molar-refractivity contribution is 5.19. The van der Waals surface area contributed by atoms with E-state index >= 15 is 0 Å². The first-order valence-electron chi connectivity index (χ1n) is 7.94. The number of hydrogen-bond donors (Lipinski definition) is 0. The van der Waals surface area contributed by atoms with Gasteiger partial charge >= 0.3 is 41.7 Å². The Labute approximate surface area is 169 Å². The van der Waals surface area contributed by atoms with Gasteiger partial charge < -0.3 is 4.74 Å². The third-order valence-electron chi connectivity index (χ3n) is 4.29. The van der Waals surface area contributed by atoms with Gasteiger partial charge in [-0.2, -0.15) is 65.9 Å². The molecule has 0 aromatic heterocycles. The molecule has 1 nitrogen and oxygen atoms in total. The van der Waals surface area contributed by atoms with Crippen molar-refractivity contribution in [2.75, 3.05) is 7.11 Å². The van der Waals surface area contributed by atoms with Gasteiger partial charge in [0.1, 0.15) is 0 Å². The van der Waals surface area contributed by atoms with Gasteiger partial charge in [0.15, 0.2) is 0 Å². The van der Waals surface area contributed by atoms with E-state index in [2.05, 4.69) is 4.74 Å². The number of hydrogen-bond acceptors (Lipinski definition) is 1. The average molecular weight is 504 g/mol. The number of methoxy groups -OCH3 is 1. The molecule has 1 rings (SSSR count). The van der Waals surface area contributed by atoms with Gasteiger partial charge in [0.05, 0.1) is 6.10 Å². The summed E-state index contributed by atoms with van der Waals surface area (Å²) in [6.07, 6.45) is -12.4. The normalized spacial score (nSPS) is 16.2. The molecule has 1 unspecified atom stereocenters. The SMILES string of the molecule is COC(CC(F)(F)C(F)(F)C(F)(F)C(F)(F)C(F)(F)C(F)(F)C(F)(F)F)c1ccccc1. The van der Waals surface area contributed by atoms with Gasteiger partial charge in [0, 0.05) is 13.5 Å². The van der Waals surface area contributed by atoms with Crippen molar-refractivity contribution in [3.8, 4) is 0 Å². The third-order valence-corrected chi connectivity index (χ3v) is 4.29. The fraction of sp³-hybridized carbons (Fsp3) is 0.625. The zero-order chi connectivity index (χ0) is 25.6. The fourth-order valence-electron chi connectivity index (χ4n) is 2.37. The minimum absolute atomic E-state index is 0.394. The van der Waals surface area contributed by atoms with E-state index in [-0.39, 0.29) is 0 Å². The Kier molecular flexibility index (Phi) is 7.19. The molecule has 0 aliphatic carbocycles. The maximum atomic E-state index is 14.0. The monoisotopic (exact) mass is 504 g/mol. The van der Waals surface area contributed by atoms with Gasteiger partial charge in [-0.25, -0.2) is 0 Å². The van der Waals surface area contributed by atoms with Gasteiger partial charge in [-0.3, -0.25) is 0 Å². The second-order valence-corrected chi connectivity index (χ2v) is 6.41. The number of benzene rings is 1. The van der Waals surface area contributed by atoms with E-state index < -0.39 is 59.8 Å². The molecule has 32 heavy (non-hydrogen) atoms. The van der Waals surface area contributed by atoms with Gasteiger partial charge in [-0.15, -0.1) is 0 Å². The van der Waals surface area contributed by atoms with Crippen LogP contribution in [0.15, 0.2) is 30.3 Å². The summed E-state index contributed by atoms with van der Waals surface area (Å²) in [5.74, 6) is -46.5. The van der Waals surface area contributed by atoms with Crippen LogP contribution in [0.25, 0.3) is 0 Å². The van der Waals surface area contributed by atoms with Crippen LogP contribution in [0.3, 0.4) is 0 Å². The molecular weight excluding hydrogens is 493 g/mol. The van der Waals surface area contributed by atoms with E-state index in [9.17, 15) is 65.9 Å². The van der Waals surface area contributed by atoms with E-state index in [0.29, 0.717) is 7.11 Å². The summed E-state index contributed by atoms with van der Waals surface area (Å²) in [6, 6.07) is 5.40. The Morgan fingerprint density at radius 3 is 1.34 bits per heavy atom. The summed E-state index contributed by atoms with van der Waals surface area (Å²) in [7, 11) is 0.594. The first-order chi connectivity index (χ1) is 14.0. The molecule has 1 atom stereocenters. The molecule has 1 aromatic carbocycles. The molecule has 16 heteroatoms. The number of rotatable bonds is 9. The standard InChI is InChI=1S/C16H11F15O/c1-32-9(8-5-3-2-4-6-8)7-10(17,18)11(19,20)12(21,22)13(23,24)14(25,26)15(27,28)16(29,30)31/h2-6,9H,7H2,1H3. The van der Waals surface area contributed by atoms with Crippen molar-refractivity contribution >= 4 is 0 Å². The van der Waals surface area contributed by atoms with E-state index in [4.69, 9.17) is 0 Å². The van der Waals surface area contributed by atoms with Crippen LogP contribution in [0.5, 0.6) is 0 Å². The Morgan fingerprint density at radius 2 is 0.969 bits per heavy atom. The van der Waals surface area contributed by atoms with Crippen molar-refractivity contribution in [1.82, 2.24) is 0 Å². The molecule has 0 amide bonds. The zero-order valence-electron chi connectivity index (χ0n) is 15.2. The lowest BCUT2D eigenvalue weighted by Crippen LogP contribution is -2.72. The second-order valence-electron chi connectivity index (χ2n) is 6.41. The number of ether oxygens (including phenoxy) is 1. The van der Waals surface area contributed by atoms with Crippen LogP contribution in [0.4, 0.5) is 65.9 Å². The molecule has 0 saturated heterocycles. The molecule has 0 aliphatic rings. The van der Waals surface area contributed by atoms with Crippen LogP contribution in [-0.4, -0.2) is 48.8 Å². The van der Waals surface area contributed by atoms with E-state index in [1.54, 1.807) is 0 Å². The molecule has 0 bridgehead atoms. The highest BCUT2D eigenvalue weighted by Gasteiger charge is 2.93. The van der Waals surface area contributed by atoms with Gasteiger partial charge in [0.25, 0.3) is 0 Å². The summed E-state index contributed by atoms with van der Waals surface area (Å²) in [6.45, 7) is 0. The molecule has 186 valence electrons. The van der Waals surface area contributed by atoms with Crippen molar-refractivity contribution in [1.29, 1.82) is 0 Å². The minimum atomic E-state index is -8.29. The Hall–Kier alpha value is -1.87. The maximum absolute atomic E-state index is 14.0. The quantitative estimate of drug-likeness (QED) is 0.325. The average Bonchev–Trinajstić information content (AvgIpc) is 2.65. The van der Waals surface area contributed by atoms with E-state index in [1.165, 1.54) is 6.07 Å². The maximum Gasteiger partial charge on any atom is 0.460 e. The van der Waals surface area contributed by atoms with Crippen LogP contribution >= 0.6 is 0 Å². The lowest BCUT2D eigenvalue weighted by molar-refractivity contribution is -0.453. The summed E-state index contributed by atoms with van der Waals surface area (Å²) in [5.41, 5.74) is -0.394. The lowest BCUT2D eigenvalue weighted by atomic mass is 9.88. The Bertz CT molecular complexity index is 769. The van der Waals surface area contributed by atoms with Crippen LogP contribution in [-0.2, 0) is 4.74 Å². The molecule has 0 spiro atoms. The van der Waals surface area contributed by atoms with E-state index in [0.717, 1.165) is 24.3 Å². The molecule has 1 aromatic rings. The lowest BCUT2D eigenvalue weighted by Gasteiger charge is -2.42. The van der Waals surface area contributed by atoms with Crippen LogP contribution in [0.2, 0.25) is 0 Å². The van der Waals surface area contributed by atoms with Crippen molar-refractivity contribution in [2.24, 2.45) is 0 Å². The predicted molar refractivity (Wildman–Crippen MR) is 76.5 cm³/mol. The molecule has 0 fully saturated rings. The van der Waals surface area contributed by atoms with Crippen LogP contribution in [0, 0.1) is 0 Å². The number of alkyl halides is 15. The van der Waals surface area contributed by atoms with E-state index in [1.807, 2.05) is 0 Å². The summed E-state index contributed by atoms with van der Waals surface area (Å²) in [5, 5.41) is 0. The zero-order valence-corrected chi connectivity index (χ0v) is 15.2. The highest BCUT2D eigenvalue weighted by atomic mass is 19.4. The van der Waals surface area contributed by atoms with Crippen molar-refractivity contribution in [3.05, 3.63) is 35.9 Å². The molecule has 0 heterocycles. The largest absolute Gasteiger partial charge is 0.460 e. The van der Waals surface area contributed by atoms with Gasteiger partial charge in [-0.05, 0) is 5.56 Å². The van der Waals surface area contributed by atoms with Crippen LogP contribution < -0.4 is 0 Å². The minimum Gasteiger partial charge on any atom is -0.377 e. The molecule has 0 radical (unpaired) electrons. The van der Waals surface area contributed by atoms with Crippen molar-refractivity contribution in [2.45, 2.75) is 54.2 Å². The fourth-order valence-corrected chi connectivity index (χ4v) is 2.37. The molecule has 0 saturated carbocycles. The molecule has 0 N–H and O–H groups in total. The molecular formula is C16H11F15O. The second kappa shape index (κ2) is 8.17. The Balaban J connectivity index is 3.48. The van der Waals surface area contributed by atoms with Crippen molar-refractivity contribution < 1.29 is 70.6 Å². The topological polar surface area (TPSA) is 9.23 Å². The highest BCUT2D eigenvalue weighted by Crippen LogP contribution is 2.63. The molecule has 0 aliphatic heterocycles. The van der Waals surface area contributed by atoms with Crippen LogP contribution in [0.1, 0.15) is 18.1 Å². The van der Waals surface area contributed by atoms with Gasteiger partial charge in [-0.1, -0.05) is 30.3 Å².